The Morgan fingerprint density at radius 2 is 1.62 bits per heavy atom. The number of rotatable bonds is 7. The highest BCUT2D eigenvalue weighted by atomic mass is 32.1. The van der Waals surface area contributed by atoms with E-state index in [4.69, 9.17) is 4.74 Å². The fourth-order valence-corrected chi connectivity index (χ4v) is 3.82. The standard InChI is InChI=1S/C26H24N4O3S/c1-16-8-11-21(12-9-16)33-15-23-29-30-26(34-23)25(32)27-20-6-4-5-19(14-20)24(31)28-22-13-17(2)7-10-18(22)3/h4-14H,15H2,1-3H3,(H,27,32)(H,28,31). The van der Waals surface area contributed by atoms with Crippen LogP contribution in [0.25, 0.3) is 0 Å². The lowest BCUT2D eigenvalue weighted by molar-refractivity contribution is 0.101. The van der Waals surface area contributed by atoms with Crippen LogP contribution in [-0.4, -0.2) is 22.0 Å². The Morgan fingerprint density at radius 1 is 0.853 bits per heavy atom. The van der Waals surface area contributed by atoms with E-state index in [0.717, 1.165) is 39.5 Å². The first-order valence-electron chi connectivity index (χ1n) is 10.7. The zero-order chi connectivity index (χ0) is 24.1. The lowest BCUT2D eigenvalue weighted by atomic mass is 10.1. The van der Waals surface area contributed by atoms with Crippen LogP contribution in [0.4, 0.5) is 11.4 Å². The SMILES string of the molecule is Cc1ccc(OCc2nnc(C(=O)Nc3cccc(C(=O)Nc4cc(C)ccc4C)c3)s2)cc1. The van der Waals surface area contributed by atoms with Crippen molar-refractivity contribution in [2.75, 3.05) is 10.6 Å². The number of nitrogens with one attached hydrogen (secondary N) is 2. The van der Waals surface area contributed by atoms with E-state index in [9.17, 15) is 9.59 Å². The second-order valence-electron chi connectivity index (χ2n) is 7.91. The Hall–Kier alpha value is -4.04. The van der Waals surface area contributed by atoms with Crippen molar-refractivity contribution in [3.05, 3.63) is 99.0 Å². The lowest BCUT2D eigenvalue weighted by Gasteiger charge is -2.10. The van der Waals surface area contributed by atoms with Gasteiger partial charge in [0.25, 0.3) is 11.8 Å². The monoisotopic (exact) mass is 472 g/mol. The molecule has 0 unspecified atom stereocenters. The number of benzene rings is 3. The zero-order valence-electron chi connectivity index (χ0n) is 19.1. The maximum Gasteiger partial charge on any atom is 0.286 e. The fraction of sp³-hybridized carbons (Fsp3) is 0.154. The van der Waals surface area contributed by atoms with E-state index in [1.165, 1.54) is 0 Å². The molecular weight excluding hydrogens is 448 g/mol. The number of aromatic nitrogens is 2. The van der Waals surface area contributed by atoms with Crippen molar-refractivity contribution < 1.29 is 14.3 Å². The summed E-state index contributed by atoms with van der Waals surface area (Å²) in [6.07, 6.45) is 0. The number of carbonyl (C=O) groups excluding carboxylic acids is 2. The number of hydrogen-bond acceptors (Lipinski definition) is 6. The maximum absolute atomic E-state index is 12.7. The average Bonchev–Trinajstić information content (AvgIpc) is 3.30. The number of ether oxygens (including phenoxy) is 1. The van der Waals surface area contributed by atoms with E-state index in [1.807, 2.05) is 63.2 Å². The van der Waals surface area contributed by atoms with Gasteiger partial charge in [-0.3, -0.25) is 9.59 Å². The van der Waals surface area contributed by atoms with Crippen molar-refractivity contribution in [3.63, 3.8) is 0 Å². The third-order valence-corrected chi connectivity index (χ3v) is 5.96. The molecule has 0 aliphatic carbocycles. The molecule has 7 nitrogen and oxygen atoms in total. The molecule has 8 heteroatoms. The minimum absolute atomic E-state index is 0.216. The Balaban J connectivity index is 1.38. The van der Waals surface area contributed by atoms with Crippen LogP contribution in [-0.2, 0) is 6.61 Å². The lowest BCUT2D eigenvalue weighted by Crippen LogP contribution is -2.15. The van der Waals surface area contributed by atoms with Crippen molar-refractivity contribution in [2.24, 2.45) is 0 Å². The molecule has 0 atom stereocenters. The van der Waals surface area contributed by atoms with Crippen LogP contribution in [0.3, 0.4) is 0 Å². The number of carbonyl (C=O) groups is 2. The average molecular weight is 473 g/mol. The van der Waals surface area contributed by atoms with Crippen LogP contribution in [0.2, 0.25) is 0 Å². The van der Waals surface area contributed by atoms with Gasteiger partial charge in [0, 0.05) is 16.9 Å². The van der Waals surface area contributed by atoms with E-state index in [0.29, 0.717) is 16.3 Å². The van der Waals surface area contributed by atoms with Gasteiger partial charge in [-0.05, 0) is 68.3 Å². The predicted octanol–water partition coefficient (Wildman–Crippen LogP) is 5.55. The molecule has 0 spiro atoms. The van der Waals surface area contributed by atoms with Gasteiger partial charge in [0.2, 0.25) is 5.01 Å². The molecule has 1 heterocycles. The third-order valence-electron chi connectivity index (χ3n) is 5.07. The minimum Gasteiger partial charge on any atom is -0.486 e. The Bertz CT molecular complexity index is 1330. The predicted molar refractivity (Wildman–Crippen MR) is 134 cm³/mol. The summed E-state index contributed by atoms with van der Waals surface area (Å²) in [6.45, 7) is 6.14. The van der Waals surface area contributed by atoms with Crippen LogP contribution in [0, 0.1) is 20.8 Å². The molecular formula is C26H24N4O3S. The van der Waals surface area contributed by atoms with Crippen LogP contribution < -0.4 is 15.4 Å². The molecule has 4 aromatic rings. The molecule has 0 fully saturated rings. The molecule has 4 rings (SSSR count). The van der Waals surface area contributed by atoms with Crippen LogP contribution in [0.5, 0.6) is 5.75 Å². The first kappa shape index (κ1) is 23.1. The van der Waals surface area contributed by atoms with Crippen molar-refractivity contribution in [1.29, 1.82) is 0 Å². The number of hydrogen-bond donors (Lipinski definition) is 2. The molecule has 0 saturated carbocycles. The van der Waals surface area contributed by atoms with Crippen LogP contribution >= 0.6 is 11.3 Å². The minimum atomic E-state index is -0.397. The summed E-state index contributed by atoms with van der Waals surface area (Å²) in [5.41, 5.74) is 4.86. The van der Waals surface area contributed by atoms with Crippen LogP contribution in [0.15, 0.2) is 66.7 Å². The second kappa shape index (κ2) is 10.3. The molecule has 172 valence electrons. The number of amides is 2. The number of anilines is 2. The van der Waals surface area contributed by atoms with Gasteiger partial charge in [-0.1, -0.05) is 47.2 Å². The molecule has 0 aliphatic heterocycles. The topological polar surface area (TPSA) is 93.2 Å². The van der Waals surface area contributed by atoms with Crippen molar-refractivity contribution in [3.8, 4) is 5.75 Å². The summed E-state index contributed by atoms with van der Waals surface area (Å²) >= 11 is 1.16. The summed E-state index contributed by atoms with van der Waals surface area (Å²) in [5.74, 6) is 0.0742. The Kier molecular flexibility index (Phi) is 6.98. The molecule has 3 aromatic carbocycles. The van der Waals surface area contributed by atoms with Crippen LogP contribution in [0.1, 0.15) is 41.9 Å². The Labute approximate surface area is 201 Å². The van der Waals surface area contributed by atoms with Crippen molar-refractivity contribution in [1.82, 2.24) is 10.2 Å². The van der Waals surface area contributed by atoms with Gasteiger partial charge in [-0.25, -0.2) is 0 Å². The highest BCUT2D eigenvalue weighted by Crippen LogP contribution is 2.20. The van der Waals surface area contributed by atoms with Gasteiger partial charge in [0.05, 0.1) is 0 Å². The molecule has 1 aromatic heterocycles. The van der Waals surface area contributed by atoms with E-state index in [2.05, 4.69) is 20.8 Å². The molecule has 2 amide bonds. The quantitative estimate of drug-likeness (QED) is 0.368. The van der Waals surface area contributed by atoms with Gasteiger partial charge < -0.3 is 15.4 Å². The molecule has 0 bridgehead atoms. The van der Waals surface area contributed by atoms with Gasteiger partial charge in [0.15, 0.2) is 5.01 Å². The van der Waals surface area contributed by atoms with E-state index >= 15 is 0 Å². The van der Waals surface area contributed by atoms with Gasteiger partial charge in [0.1, 0.15) is 12.4 Å². The first-order valence-corrected chi connectivity index (χ1v) is 11.5. The normalized spacial score (nSPS) is 10.6. The summed E-state index contributed by atoms with van der Waals surface area (Å²) in [4.78, 5) is 25.4. The summed E-state index contributed by atoms with van der Waals surface area (Å²) in [6, 6.07) is 20.3. The number of aryl methyl sites for hydroxylation is 3. The Morgan fingerprint density at radius 3 is 2.41 bits per heavy atom. The summed E-state index contributed by atoms with van der Waals surface area (Å²) < 4.78 is 5.70. The smallest absolute Gasteiger partial charge is 0.286 e. The molecule has 34 heavy (non-hydrogen) atoms. The van der Waals surface area contributed by atoms with E-state index in [1.54, 1.807) is 24.3 Å². The second-order valence-corrected chi connectivity index (χ2v) is 8.97. The zero-order valence-corrected chi connectivity index (χ0v) is 19.9. The highest BCUT2D eigenvalue weighted by molar-refractivity contribution is 7.13. The van der Waals surface area contributed by atoms with Gasteiger partial charge in [-0.2, -0.15) is 0 Å². The highest BCUT2D eigenvalue weighted by Gasteiger charge is 2.15. The molecule has 0 saturated heterocycles. The maximum atomic E-state index is 12.7. The molecule has 0 aliphatic rings. The molecule has 0 radical (unpaired) electrons. The summed E-state index contributed by atoms with van der Waals surface area (Å²) in [5, 5.41) is 14.5. The van der Waals surface area contributed by atoms with E-state index in [-0.39, 0.29) is 17.5 Å². The van der Waals surface area contributed by atoms with Crippen molar-refractivity contribution >= 4 is 34.5 Å². The molecule has 2 N–H and O–H groups in total. The van der Waals surface area contributed by atoms with Gasteiger partial charge in [-0.15, -0.1) is 10.2 Å². The number of nitrogens with zero attached hydrogens (tertiary/aromatic N) is 2. The van der Waals surface area contributed by atoms with Gasteiger partial charge >= 0.3 is 0 Å². The summed E-state index contributed by atoms with van der Waals surface area (Å²) in [7, 11) is 0. The van der Waals surface area contributed by atoms with Crippen molar-refractivity contribution in [2.45, 2.75) is 27.4 Å². The first-order chi connectivity index (χ1) is 16.4. The largest absolute Gasteiger partial charge is 0.486 e. The third kappa shape index (κ3) is 5.85. The fourth-order valence-electron chi connectivity index (χ4n) is 3.17. The van der Waals surface area contributed by atoms with E-state index < -0.39 is 5.91 Å².